The maximum absolute atomic E-state index is 5.82. The van der Waals surface area contributed by atoms with Gasteiger partial charge in [0.25, 0.3) is 0 Å². The van der Waals surface area contributed by atoms with Crippen molar-refractivity contribution in [2.45, 2.75) is 38.6 Å². The number of nitrogens with zero attached hydrogens (tertiary/aromatic N) is 3. The average molecular weight is 226 g/mol. The van der Waals surface area contributed by atoms with E-state index in [9.17, 15) is 0 Å². The van der Waals surface area contributed by atoms with Crippen LogP contribution in [0.15, 0.2) is 0 Å². The highest BCUT2D eigenvalue weighted by atomic mass is 32.1. The van der Waals surface area contributed by atoms with Crippen LogP contribution >= 0.6 is 11.5 Å². The van der Waals surface area contributed by atoms with Crippen LogP contribution in [0.2, 0.25) is 0 Å². The van der Waals surface area contributed by atoms with Crippen LogP contribution in [0.3, 0.4) is 0 Å². The first-order valence-electron chi connectivity index (χ1n) is 5.58. The number of rotatable bonds is 2. The van der Waals surface area contributed by atoms with E-state index in [1.165, 1.54) is 37.2 Å². The molecule has 1 fully saturated rings. The Bertz CT molecular complexity index is 312. The van der Waals surface area contributed by atoms with Gasteiger partial charge >= 0.3 is 0 Å². The topological polar surface area (TPSA) is 55.0 Å². The van der Waals surface area contributed by atoms with Crippen LogP contribution in [0.4, 0.5) is 5.13 Å². The molecular weight excluding hydrogens is 208 g/mol. The van der Waals surface area contributed by atoms with Gasteiger partial charge in [0.1, 0.15) is 5.82 Å². The van der Waals surface area contributed by atoms with Gasteiger partial charge in [0.2, 0.25) is 5.13 Å². The van der Waals surface area contributed by atoms with E-state index in [1.807, 2.05) is 6.92 Å². The molecule has 1 aromatic heterocycles. The summed E-state index contributed by atoms with van der Waals surface area (Å²) in [4.78, 5) is 6.80. The van der Waals surface area contributed by atoms with Crippen molar-refractivity contribution in [2.24, 2.45) is 5.73 Å². The summed E-state index contributed by atoms with van der Waals surface area (Å²) < 4.78 is 4.24. The Hall–Kier alpha value is -0.680. The van der Waals surface area contributed by atoms with Gasteiger partial charge in [0.05, 0.1) is 0 Å². The van der Waals surface area contributed by atoms with E-state index in [0.717, 1.165) is 24.0 Å². The fourth-order valence-corrected chi connectivity index (χ4v) is 2.85. The monoisotopic (exact) mass is 226 g/mol. The third kappa shape index (κ3) is 2.46. The van der Waals surface area contributed by atoms with Gasteiger partial charge in [-0.25, -0.2) is 4.98 Å². The number of anilines is 1. The first-order valence-corrected chi connectivity index (χ1v) is 6.35. The number of hydrogen-bond acceptors (Lipinski definition) is 5. The molecule has 0 aromatic carbocycles. The van der Waals surface area contributed by atoms with Gasteiger partial charge in [-0.3, -0.25) is 0 Å². The lowest BCUT2D eigenvalue weighted by Crippen LogP contribution is -2.40. The van der Waals surface area contributed by atoms with Crippen LogP contribution in [0.25, 0.3) is 0 Å². The minimum absolute atomic E-state index is 0.458. The molecule has 0 aliphatic carbocycles. The molecule has 0 saturated carbocycles. The van der Waals surface area contributed by atoms with Gasteiger partial charge in [-0.05, 0) is 19.8 Å². The van der Waals surface area contributed by atoms with E-state index in [4.69, 9.17) is 5.73 Å². The van der Waals surface area contributed by atoms with Crippen molar-refractivity contribution in [2.75, 3.05) is 18.0 Å². The molecule has 2 N–H and O–H groups in total. The van der Waals surface area contributed by atoms with Crippen LogP contribution in [-0.2, 0) is 0 Å². The zero-order chi connectivity index (χ0) is 10.7. The van der Waals surface area contributed by atoms with E-state index in [-0.39, 0.29) is 0 Å². The lowest BCUT2D eigenvalue weighted by molar-refractivity contribution is 0.579. The summed E-state index contributed by atoms with van der Waals surface area (Å²) >= 11 is 1.49. The van der Waals surface area contributed by atoms with E-state index in [1.54, 1.807) is 0 Å². The molecule has 1 aliphatic heterocycles. The summed E-state index contributed by atoms with van der Waals surface area (Å²) in [7, 11) is 0. The smallest absolute Gasteiger partial charge is 0.205 e. The second kappa shape index (κ2) is 4.90. The SMILES string of the molecule is Cc1nsc(N2CCCCCC2CN)n1. The van der Waals surface area contributed by atoms with Crippen molar-refractivity contribution in [3.8, 4) is 0 Å². The van der Waals surface area contributed by atoms with Gasteiger partial charge in [-0.2, -0.15) is 4.37 Å². The van der Waals surface area contributed by atoms with Crippen LogP contribution in [-0.4, -0.2) is 28.5 Å². The van der Waals surface area contributed by atoms with E-state index < -0.39 is 0 Å². The Morgan fingerprint density at radius 1 is 1.47 bits per heavy atom. The predicted octanol–water partition coefficient (Wildman–Crippen LogP) is 1.55. The minimum atomic E-state index is 0.458. The molecule has 0 bridgehead atoms. The van der Waals surface area contributed by atoms with Crippen LogP contribution in [0, 0.1) is 6.92 Å². The molecule has 1 aromatic rings. The molecule has 15 heavy (non-hydrogen) atoms. The molecule has 1 atom stereocenters. The second-order valence-electron chi connectivity index (χ2n) is 4.06. The average Bonchev–Trinajstić information content (AvgIpc) is 2.54. The van der Waals surface area contributed by atoms with E-state index in [2.05, 4.69) is 14.3 Å². The van der Waals surface area contributed by atoms with Gasteiger partial charge in [-0.15, -0.1) is 0 Å². The summed E-state index contributed by atoms with van der Waals surface area (Å²) in [5.41, 5.74) is 5.82. The second-order valence-corrected chi connectivity index (χ2v) is 4.79. The van der Waals surface area contributed by atoms with Crippen molar-refractivity contribution >= 4 is 16.7 Å². The molecule has 2 rings (SSSR count). The summed E-state index contributed by atoms with van der Waals surface area (Å²) in [5.74, 6) is 0.870. The Morgan fingerprint density at radius 3 is 3.00 bits per heavy atom. The van der Waals surface area contributed by atoms with Crippen LogP contribution < -0.4 is 10.6 Å². The molecular formula is C10H18N4S. The van der Waals surface area contributed by atoms with Gasteiger partial charge < -0.3 is 10.6 Å². The first-order chi connectivity index (χ1) is 7.31. The predicted molar refractivity (Wildman–Crippen MR) is 63.3 cm³/mol. The van der Waals surface area contributed by atoms with Crippen molar-refractivity contribution in [3.05, 3.63) is 5.82 Å². The Balaban J connectivity index is 2.16. The highest BCUT2D eigenvalue weighted by Gasteiger charge is 2.22. The molecule has 1 unspecified atom stereocenters. The zero-order valence-corrected chi connectivity index (χ0v) is 9.96. The highest BCUT2D eigenvalue weighted by molar-refractivity contribution is 7.09. The summed E-state index contributed by atoms with van der Waals surface area (Å²) in [6.07, 6.45) is 5.03. The molecule has 0 spiro atoms. The largest absolute Gasteiger partial charge is 0.343 e. The molecule has 1 aliphatic rings. The fraction of sp³-hybridized carbons (Fsp3) is 0.800. The fourth-order valence-electron chi connectivity index (χ4n) is 2.08. The Kier molecular flexibility index (Phi) is 3.53. The van der Waals surface area contributed by atoms with Gasteiger partial charge in [-0.1, -0.05) is 12.8 Å². The molecule has 1 saturated heterocycles. The number of aryl methyl sites for hydroxylation is 1. The van der Waals surface area contributed by atoms with Crippen LogP contribution in [0.1, 0.15) is 31.5 Å². The van der Waals surface area contributed by atoms with E-state index >= 15 is 0 Å². The lowest BCUT2D eigenvalue weighted by Gasteiger charge is -2.27. The van der Waals surface area contributed by atoms with Gasteiger partial charge in [0.15, 0.2) is 0 Å². The standard InChI is InChI=1S/C10H18N4S/c1-8-12-10(15-13-8)14-6-4-2-3-5-9(14)7-11/h9H,2-7,11H2,1H3. The molecule has 4 nitrogen and oxygen atoms in total. The maximum Gasteiger partial charge on any atom is 0.205 e. The van der Waals surface area contributed by atoms with Crippen molar-refractivity contribution in [1.82, 2.24) is 9.36 Å². The zero-order valence-electron chi connectivity index (χ0n) is 9.15. The van der Waals surface area contributed by atoms with Crippen LogP contribution in [0.5, 0.6) is 0 Å². The Morgan fingerprint density at radius 2 is 2.33 bits per heavy atom. The highest BCUT2D eigenvalue weighted by Crippen LogP contribution is 2.24. The number of aromatic nitrogens is 2. The molecule has 5 heteroatoms. The lowest BCUT2D eigenvalue weighted by atomic mass is 10.1. The van der Waals surface area contributed by atoms with Gasteiger partial charge in [0, 0.05) is 30.7 Å². The summed E-state index contributed by atoms with van der Waals surface area (Å²) in [5, 5.41) is 1.05. The van der Waals surface area contributed by atoms with E-state index in [0.29, 0.717) is 6.04 Å². The van der Waals surface area contributed by atoms with Crippen molar-refractivity contribution < 1.29 is 0 Å². The number of nitrogens with two attached hydrogens (primary N) is 1. The molecule has 0 radical (unpaired) electrons. The normalized spacial score (nSPS) is 22.8. The third-order valence-corrected chi connectivity index (χ3v) is 3.76. The summed E-state index contributed by atoms with van der Waals surface area (Å²) in [6, 6.07) is 0.458. The molecule has 84 valence electrons. The number of hydrogen-bond donors (Lipinski definition) is 1. The molecule has 2 heterocycles. The molecule has 0 amide bonds. The maximum atomic E-state index is 5.82. The quantitative estimate of drug-likeness (QED) is 0.831. The third-order valence-electron chi connectivity index (χ3n) is 2.91. The first kappa shape index (κ1) is 10.8. The minimum Gasteiger partial charge on any atom is -0.343 e. The Labute approximate surface area is 94.7 Å². The van der Waals surface area contributed by atoms with Crippen molar-refractivity contribution in [3.63, 3.8) is 0 Å². The summed E-state index contributed by atoms with van der Waals surface area (Å²) in [6.45, 7) is 3.74. The van der Waals surface area contributed by atoms with Crippen molar-refractivity contribution in [1.29, 1.82) is 0 Å².